The molecule has 0 aromatic heterocycles. The fourth-order valence-corrected chi connectivity index (χ4v) is 38.3. The number of halogens is 5. The van der Waals surface area contributed by atoms with Crippen molar-refractivity contribution in [1.82, 2.24) is 0 Å². The molecule has 47 heavy (non-hydrogen) atoms. The summed E-state index contributed by atoms with van der Waals surface area (Å²) in [5.74, 6) is 0. The van der Waals surface area contributed by atoms with Crippen LogP contribution in [0.5, 0.6) is 0 Å². The molecule has 0 radical (unpaired) electrons. The summed E-state index contributed by atoms with van der Waals surface area (Å²) >= 11 is -5.39. The number of fused-ring (bicyclic) bond motifs is 1. The van der Waals surface area contributed by atoms with Gasteiger partial charge in [0.15, 0.2) is 0 Å². The normalized spacial score (nSPS) is 18.3. The van der Waals surface area contributed by atoms with Crippen LogP contribution < -0.4 is 10.5 Å². The monoisotopic (exact) mass is 1280 g/mol. The molecule has 0 fully saturated rings. The minimum atomic E-state index is -3.73. The maximum absolute atomic E-state index is 14.2. The van der Waals surface area contributed by atoms with Gasteiger partial charge in [-0.15, -0.1) is 0 Å². The van der Waals surface area contributed by atoms with Crippen LogP contribution in [-0.4, -0.2) is 75.6 Å². The average molecular weight is 1290 g/mol. The van der Waals surface area contributed by atoms with Gasteiger partial charge in [0.05, 0.1) is 0 Å². The van der Waals surface area contributed by atoms with Gasteiger partial charge in [0.1, 0.15) is 0 Å². The molecule has 0 N–H and O–H groups in total. The van der Waals surface area contributed by atoms with Gasteiger partial charge in [-0.05, 0) is 0 Å². The molecule has 0 amide bonds. The summed E-state index contributed by atoms with van der Waals surface area (Å²) in [5.41, 5.74) is 0. The molecule has 264 valence electrons. The number of rotatable bonds is 5. The number of hydrogen-bond donors (Lipinski definition) is 0. The van der Waals surface area contributed by atoms with Gasteiger partial charge in [0.2, 0.25) is 0 Å². The molecule has 2 nitrogen and oxygen atoms in total. The third-order valence-electron chi connectivity index (χ3n) is 7.04. The summed E-state index contributed by atoms with van der Waals surface area (Å²) in [7, 11) is 19.0. The molecule has 1 aliphatic heterocycles. The molecule has 4 aromatic carbocycles. The molecule has 0 saturated carbocycles. The first kappa shape index (κ1) is 45.4. The Morgan fingerprint density at radius 1 is 0.553 bits per heavy atom. The van der Waals surface area contributed by atoms with E-state index in [0.717, 1.165) is 13.3 Å². The van der Waals surface area contributed by atoms with Crippen molar-refractivity contribution in [1.29, 1.82) is 0 Å². The Kier molecular flexibility index (Phi) is 16.2. The van der Waals surface area contributed by atoms with Crippen LogP contribution in [0.15, 0.2) is 125 Å². The third-order valence-corrected chi connectivity index (χ3v) is 53.4. The van der Waals surface area contributed by atoms with E-state index in [0.29, 0.717) is 0 Å². The van der Waals surface area contributed by atoms with Gasteiger partial charge in [-0.3, -0.25) is 0 Å². The molecule has 0 bridgehead atoms. The van der Waals surface area contributed by atoms with E-state index >= 15 is 0 Å². The van der Waals surface area contributed by atoms with Crippen molar-refractivity contribution in [3.8, 4) is 0 Å². The maximum atomic E-state index is 14.2. The second kappa shape index (κ2) is 16.7. The second-order valence-corrected chi connectivity index (χ2v) is 131. The summed E-state index contributed by atoms with van der Waals surface area (Å²) in [5, 5.41) is 0. The molecule has 4 aromatic rings. The summed E-state index contributed by atoms with van der Waals surface area (Å²) in [6.07, 6.45) is 0. The summed E-state index contributed by atoms with van der Waals surface area (Å²) in [4.78, 5) is 18.7. The first-order chi connectivity index (χ1) is 21.2. The topological polar surface area (TPSA) is 18.5 Å². The molecule has 5 rings (SSSR count). The molecule has 0 atom stereocenters. The van der Waals surface area contributed by atoms with Crippen LogP contribution >= 0.6 is 60.5 Å². The Hall–Kier alpha value is 2.24. The van der Waals surface area contributed by atoms with E-state index in [-0.39, 0.29) is 0 Å². The SMILES string of the molecule is C[O][Sb]([CH3])([CH3])([O]C)[c]1ccccc1.[CH3][Sb]([CH3])([Br])([Br])[c]1ccccc1.[CH3][Sb]([CH3])([Cl])([Cl])[c]1ccccc1.[CH3][Sb]1([CH3])([F])[S]c2ccccc2[S]1. The first-order valence-electron chi connectivity index (χ1n) is 14.6. The standard InChI is InChI=1S/C6H6S2.3C6H5.2CH3O.8CH3.2BrH.2ClH.FH.4Sb/c7-5-3-1-2-4-6(5)8;3*1-2-4-6-5-3-1;2*1-2;;;;;;;;;;;;;;;;;/h1-4,7-8H;3*1-5H;2*1H3;8*1H3;5*1H;;;;/q;;;;2*-1;;;;;;;;;;;;;;3*+2;+3/p-7. The number of hydrogen-bond acceptors (Lipinski definition) is 4. The molecule has 0 aliphatic carbocycles. The Morgan fingerprint density at radius 3 is 1.11 bits per heavy atom. The van der Waals surface area contributed by atoms with Crippen molar-refractivity contribution in [3.63, 3.8) is 0 Å². The fourth-order valence-electron chi connectivity index (χ4n) is 3.98. The minimum absolute atomic E-state index is 1.11. The molecule has 0 spiro atoms. The van der Waals surface area contributed by atoms with E-state index in [1.807, 2.05) is 98.3 Å². The van der Waals surface area contributed by atoms with Crippen molar-refractivity contribution in [3.05, 3.63) is 115 Å². The summed E-state index contributed by atoms with van der Waals surface area (Å²) < 4.78 is 29.2. The zero-order chi connectivity index (χ0) is 35.9. The van der Waals surface area contributed by atoms with Gasteiger partial charge in [-0.1, -0.05) is 0 Å². The van der Waals surface area contributed by atoms with Gasteiger partial charge >= 0.3 is 320 Å². The molecule has 1 aliphatic rings. The van der Waals surface area contributed by atoms with E-state index in [1.54, 1.807) is 14.2 Å². The van der Waals surface area contributed by atoms with Crippen molar-refractivity contribution in [2.75, 3.05) is 14.2 Å². The second-order valence-electron chi connectivity index (χ2n) is 13.2. The number of benzene rings is 4. The van der Waals surface area contributed by atoms with Crippen molar-refractivity contribution >= 4 is 133 Å². The van der Waals surface area contributed by atoms with Crippen LogP contribution in [-0.2, 0) is 6.03 Å². The van der Waals surface area contributed by atoms with Gasteiger partial charge in [0, 0.05) is 0 Å². The molecule has 0 saturated heterocycles. The molecule has 1 heterocycles. The third kappa shape index (κ3) is 15.6. The van der Waals surface area contributed by atoms with Crippen LogP contribution in [0, 0.1) is 0 Å². The van der Waals surface area contributed by atoms with E-state index < -0.39 is 61.4 Å². The van der Waals surface area contributed by atoms with E-state index in [1.165, 1.54) is 24.7 Å². The van der Waals surface area contributed by atoms with Crippen molar-refractivity contribution < 1.29 is 8.84 Å². The van der Waals surface area contributed by atoms with Crippen LogP contribution in [0.3, 0.4) is 0 Å². The van der Waals surface area contributed by atoms with Crippen molar-refractivity contribution in [2.24, 2.45) is 0 Å². The van der Waals surface area contributed by atoms with Gasteiger partial charge < -0.3 is 0 Å². The van der Waals surface area contributed by atoms with Crippen LogP contribution in [0.4, 0.5) is 2.81 Å². The Labute approximate surface area is 314 Å². The first-order valence-corrected chi connectivity index (χ1v) is 67.6. The van der Waals surface area contributed by atoms with Gasteiger partial charge in [0.25, 0.3) is 0 Å². The van der Waals surface area contributed by atoms with Crippen molar-refractivity contribution in [2.45, 2.75) is 48.8 Å². The van der Waals surface area contributed by atoms with Gasteiger partial charge in [-0.2, -0.15) is 0 Å². The Bertz CT molecular complexity index is 1500. The average Bonchev–Trinajstić information content (AvgIpc) is 3.27. The van der Waals surface area contributed by atoms with E-state index in [4.69, 9.17) is 23.7 Å². The fraction of sp³-hybridized carbons (Fsp3) is 0.294. The van der Waals surface area contributed by atoms with E-state index in [2.05, 4.69) is 81.1 Å². The van der Waals surface area contributed by atoms with Gasteiger partial charge in [-0.25, -0.2) is 0 Å². The predicted molar refractivity (Wildman–Crippen MR) is 231 cm³/mol. The van der Waals surface area contributed by atoms with E-state index in [9.17, 15) is 2.81 Å². The molecular weight excluding hydrogens is 1240 g/mol. The Morgan fingerprint density at radius 2 is 0.851 bits per heavy atom. The summed E-state index contributed by atoms with van der Waals surface area (Å²) in [6, 6.07) is 38.6. The summed E-state index contributed by atoms with van der Waals surface area (Å²) in [6.45, 7) is 0. The van der Waals surface area contributed by atoms with Crippen LogP contribution in [0.2, 0.25) is 39.0 Å². The van der Waals surface area contributed by atoms with Crippen LogP contribution in [0.25, 0.3) is 0 Å². The van der Waals surface area contributed by atoms with Crippen LogP contribution in [0.1, 0.15) is 0 Å². The Balaban J connectivity index is 0.000000218. The zero-order valence-corrected chi connectivity index (χ0v) is 45.3. The molecule has 0 unspecified atom stereocenters. The zero-order valence-electron chi connectivity index (χ0n) is 28.8. The molecule has 13 heteroatoms. The quantitative estimate of drug-likeness (QED) is 0.185. The molecular formula is C34H49Br2Cl2FO2S2Sb4. The predicted octanol–water partition coefficient (Wildman–Crippen LogP) is 12.2.